The van der Waals surface area contributed by atoms with Gasteiger partial charge in [0.15, 0.2) is 0 Å². The second kappa shape index (κ2) is 6.15. The lowest BCUT2D eigenvalue weighted by molar-refractivity contribution is 0.552. The molecule has 0 aliphatic rings. The molecular weight excluding hydrogens is 191 g/mol. The van der Waals surface area contributed by atoms with Crippen molar-refractivity contribution in [2.75, 3.05) is 6.54 Å². The minimum absolute atomic E-state index is 0.326. The Balaban J connectivity index is 2.67. The van der Waals surface area contributed by atoms with Crippen molar-refractivity contribution >= 4 is 0 Å². The van der Waals surface area contributed by atoms with E-state index >= 15 is 0 Å². The van der Waals surface area contributed by atoms with Crippen LogP contribution in [0.15, 0.2) is 24.3 Å². The summed E-state index contributed by atoms with van der Waals surface area (Å²) in [5.74, 6) is -0.326. The van der Waals surface area contributed by atoms with E-state index in [4.69, 9.17) is 5.26 Å². The molecule has 0 saturated heterocycles. The van der Waals surface area contributed by atoms with Gasteiger partial charge in [0.2, 0.25) is 0 Å². The number of rotatable bonds is 5. The maximum atomic E-state index is 13.3. The van der Waals surface area contributed by atoms with Crippen molar-refractivity contribution in [3.05, 3.63) is 35.6 Å². The summed E-state index contributed by atoms with van der Waals surface area (Å²) in [6, 6.07) is 7.91. The summed E-state index contributed by atoms with van der Waals surface area (Å²) in [4.78, 5) is 0. The van der Waals surface area contributed by atoms with Crippen LogP contribution in [-0.4, -0.2) is 6.54 Å². The molecule has 2 nitrogen and oxygen atoms in total. The Kier molecular flexibility index (Phi) is 4.79. The van der Waals surface area contributed by atoms with Crippen LogP contribution >= 0.6 is 0 Å². The Morgan fingerprint density at radius 2 is 2.20 bits per heavy atom. The van der Waals surface area contributed by atoms with Crippen molar-refractivity contribution in [2.24, 2.45) is 0 Å². The van der Waals surface area contributed by atoms with Crippen molar-refractivity contribution in [3.63, 3.8) is 0 Å². The van der Waals surface area contributed by atoms with Gasteiger partial charge in [0.1, 0.15) is 11.9 Å². The second-order valence-electron chi connectivity index (χ2n) is 3.39. The highest BCUT2D eigenvalue weighted by Crippen LogP contribution is 2.15. The van der Waals surface area contributed by atoms with E-state index in [1.807, 2.05) is 0 Å². The van der Waals surface area contributed by atoms with E-state index in [2.05, 4.69) is 18.3 Å². The smallest absolute Gasteiger partial charge is 0.129 e. The molecule has 1 aromatic carbocycles. The Labute approximate surface area is 89.7 Å². The van der Waals surface area contributed by atoms with Crippen molar-refractivity contribution in [3.8, 4) is 6.07 Å². The van der Waals surface area contributed by atoms with Crippen molar-refractivity contribution in [2.45, 2.75) is 25.8 Å². The van der Waals surface area contributed by atoms with Gasteiger partial charge in [-0.05, 0) is 19.0 Å². The van der Waals surface area contributed by atoms with Crippen molar-refractivity contribution < 1.29 is 4.39 Å². The van der Waals surface area contributed by atoms with Crippen LogP contribution in [0.4, 0.5) is 4.39 Å². The zero-order valence-corrected chi connectivity index (χ0v) is 8.83. The zero-order chi connectivity index (χ0) is 11.1. The van der Waals surface area contributed by atoms with Crippen LogP contribution in [0.5, 0.6) is 0 Å². The molecule has 0 radical (unpaired) electrons. The summed E-state index contributed by atoms with van der Waals surface area (Å²) in [6.45, 7) is 2.81. The maximum absolute atomic E-state index is 13.3. The first kappa shape index (κ1) is 11.7. The largest absolute Gasteiger partial charge is 0.298 e. The third-order valence-corrected chi connectivity index (χ3v) is 2.22. The van der Waals surface area contributed by atoms with Gasteiger partial charge in [-0.3, -0.25) is 5.32 Å². The van der Waals surface area contributed by atoms with Crippen LogP contribution in [0.3, 0.4) is 0 Å². The molecule has 0 aliphatic heterocycles. The van der Waals surface area contributed by atoms with E-state index in [0.29, 0.717) is 5.56 Å². The first-order chi connectivity index (χ1) is 7.29. The molecule has 1 N–H and O–H groups in total. The minimum atomic E-state index is -0.544. The third kappa shape index (κ3) is 3.34. The number of hydrogen-bond acceptors (Lipinski definition) is 2. The lowest BCUT2D eigenvalue weighted by atomic mass is 10.1. The Morgan fingerprint density at radius 1 is 1.47 bits per heavy atom. The highest BCUT2D eigenvalue weighted by Gasteiger charge is 2.12. The average Bonchev–Trinajstić information content (AvgIpc) is 2.26. The van der Waals surface area contributed by atoms with E-state index < -0.39 is 6.04 Å². The Bertz CT molecular complexity index is 344. The Morgan fingerprint density at radius 3 is 2.80 bits per heavy atom. The summed E-state index contributed by atoms with van der Waals surface area (Å²) in [5.41, 5.74) is 0.427. The lowest BCUT2D eigenvalue weighted by Crippen LogP contribution is -2.21. The molecule has 0 spiro atoms. The van der Waals surface area contributed by atoms with Crippen LogP contribution in [0.25, 0.3) is 0 Å². The first-order valence-corrected chi connectivity index (χ1v) is 5.17. The molecule has 1 aromatic rings. The highest BCUT2D eigenvalue weighted by atomic mass is 19.1. The van der Waals surface area contributed by atoms with Crippen LogP contribution in [0, 0.1) is 17.1 Å². The topological polar surface area (TPSA) is 35.8 Å². The number of nitrogens with one attached hydrogen (secondary N) is 1. The average molecular weight is 206 g/mol. The fourth-order valence-corrected chi connectivity index (χ4v) is 1.36. The monoisotopic (exact) mass is 206 g/mol. The number of benzene rings is 1. The molecule has 0 bridgehead atoms. The van der Waals surface area contributed by atoms with Gasteiger partial charge in [-0.1, -0.05) is 31.5 Å². The minimum Gasteiger partial charge on any atom is -0.298 e. The predicted octanol–water partition coefficient (Wildman–Crippen LogP) is 2.78. The Hall–Kier alpha value is -1.40. The summed E-state index contributed by atoms with van der Waals surface area (Å²) >= 11 is 0. The number of nitriles is 1. The lowest BCUT2D eigenvalue weighted by Gasteiger charge is -2.11. The van der Waals surface area contributed by atoms with Gasteiger partial charge in [0, 0.05) is 5.56 Å². The van der Waals surface area contributed by atoms with Gasteiger partial charge in [0.05, 0.1) is 6.07 Å². The first-order valence-electron chi connectivity index (χ1n) is 5.17. The zero-order valence-electron chi connectivity index (χ0n) is 8.83. The van der Waals surface area contributed by atoms with Gasteiger partial charge < -0.3 is 0 Å². The molecule has 1 atom stereocenters. The summed E-state index contributed by atoms with van der Waals surface area (Å²) in [5, 5.41) is 12.0. The normalized spacial score (nSPS) is 12.1. The number of halogens is 1. The van der Waals surface area contributed by atoms with Gasteiger partial charge in [0.25, 0.3) is 0 Å². The highest BCUT2D eigenvalue weighted by molar-refractivity contribution is 5.25. The molecule has 0 aliphatic carbocycles. The molecule has 1 rings (SSSR count). The second-order valence-corrected chi connectivity index (χ2v) is 3.39. The van der Waals surface area contributed by atoms with Gasteiger partial charge >= 0.3 is 0 Å². The fraction of sp³-hybridized carbons (Fsp3) is 0.417. The quantitative estimate of drug-likeness (QED) is 0.752. The fourth-order valence-electron chi connectivity index (χ4n) is 1.36. The summed E-state index contributed by atoms with van der Waals surface area (Å²) in [6.07, 6.45) is 2.05. The van der Waals surface area contributed by atoms with Gasteiger partial charge in [-0.25, -0.2) is 4.39 Å². The van der Waals surface area contributed by atoms with Gasteiger partial charge in [-0.15, -0.1) is 0 Å². The van der Waals surface area contributed by atoms with E-state index in [9.17, 15) is 4.39 Å². The molecule has 0 aromatic heterocycles. The van der Waals surface area contributed by atoms with E-state index in [-0.39, 0.29) is 5.82 Å². The third-order valence-electron chi connectivity index (χ3n) is 2.22. The molecule has 0 saturated carbocycles. The van der Waals surface area contributed by atoms with Gasteiger partial charge in [-0.2, -0.15) is 5.26 Å². The van der Waals surface area contributed by atoms with E-state index in [0.717, 1.165) is 19.4 Å². The summed E-state index contributed by atoms with van der Waals surface area (Å²) in [7, 11) is 0. The molecule has 0 amide bonds. The SMILES string of the molecule is CCCCNC(C#N)c1ccccc1F. The molecule has 80 valence electrons. The molecule has 0 heterocycles. The van der Waals surface area contributed by atoms with Crippen molar-refractivity contribution in [1.82, 2.24) is 5.32 Å². The van der Waals surface area contributed by atoms with Crippen LogP contribution in [-0.2, 0) is 0 Å². The van der Waals surface area contributed by atoms with E-state index in [1.54, 1.807) is 18.2 Å². The predicted molar refractivity (Wildman–Crippen MR) is 57.7 cm³/mol. The van der Waals surface area contributed by atoms with Crippen molar-refractivity contribution in [1.29, 1.82) is 5.26 Å². The number of nitrogens with zero attached hydrogens (tertiary/aromatic N) is 1. The molecular formula is C12H15FN2. The molecule has 15 heavy (non-hydrogen) atoms. The number of hydrogen-bond donors (Lipinski definition) is 1. The van der Waals surface area contributed by atoms with E-state index in [1.165, 1.54) is 6.07 Å². The van der Waals surface area contributed by atoms with Crippen LogP contribution in [0.1, 0.15) is 31.4 Å². The molecule has 1 unspecified atom stereocenters. The van der Waals surface area contributed by atoms with Crippen LogP contribution < -0.4 is 5.32 Å². The molecule has 0 fully saturated rings. The maximum Gasteiger partial charge on any atom is 0.129 e. The standard InChI is InChI=1S/C12H15FN2/c1-2-3-8-15-12(9-14)10-6-4-5-7-11(10)13/h4-7,12,15H,2-3,8H2,1H3. The number of unbranched alkanes of at least 4 members (excludes halogenated alkanes) is 1. The molecule has 3 heteroatoms. The van der Waals surface area contributed by atoms with Crippen LogP contribution in [0.2, 0.25) is 0 Å². The summed E-state index contributed by atoms with van der Waals surface area (Å²) < 4.78 is 13.3.